The molecule has 1 aliphatic rings. The van der Waals surface area contributed by atoms with Crippen LogP contribution in [0.2, 0.25) is 0 Å². The molecule has 3 aromatic rings. The Morgan fingerprint density at radius 2 is 1.81 bits per heavy atom. The highest BCUT2D eigenvalue weighted by Crippen LogP contribution is 2.39. The highest BCUT2D eigenvalue weighted by Gasteiger charge is 2.36. The molecular formula is C22H23FN4O3S. The highest BCUT2D eigenvalue weighted by molar-refractivity contribution is 7.89. The fourth-order valence-corrected chi connectivity index (χ4v) is 5.52. The maximum Gasteiger partial charge on any atom is 0.243 e. The quantitative estimate of drug-likeness (QED) is 0.646. The van der Waals surface area contributed by atoms with Crippen molar-refractivity contribution in [1.29, 1.82) is 0 Å². The minimum atomic E-state index is -3.79. The molecule has 0 bridgehead atoms. The van der Waals surface area contributed by atoms with Gasteiger partial charge in [0.05, 0.1) is 23.7 Å². The lowest BCUT2D eigenvalue weighted by Gasteiger charge is -2.35. The lowest BCUT2D eigenvalue weighted by molar-refractivity contribution is 0.252. The molecule has 1 fully saturated rings. The summed E-state index contributed by atoms with van der Waals surface area (Å²) in [7, 11) is -2.26. The molecule has 2 heterocycles. The molecule has 9 heteroatoms. The van der Waals surface area contributed by atoms with E-state index in [9.17, 15) is 12.8 Å². The summed E-state index contributed by atoms with van der Waals surface area (Å²) in [5.41, 5.74) is 7.73. The standard InChI is InChI=1S/C22H23FN4O3S/c1-30-17-9-11-18(12-10-17)31(28,29)27-13-3-2-4-20(27)21-19(14-25-22(24)26-21)15-5-7-16(23)8-6-15/h5-12,14,20H,2-4,13H2,1H3,(H2,24,25,26)/t20-/m0/s1. The van der Waals surface area contributed by atoms with Gasteiger partial charge in [-0.15, -0.1) is 0 Å². The number of rotatable bonds is 5. The molecule has 2 N–H and O–H groups in total. The van der Waals surface area contributed by atoms with Crippen LogP contribution in [0, 0.1) is 5.82 Å². The van der Waals surface area contributed by atoms with Crippen LogP contribution in [0.1, 0.15) is 31.0 Å². The van der Waals surface area contributed by atoms with Crippen LogP contribution in [0.5, 0.6) is 5.75 Å². The largest absolute Gasteiger partial charge is 0.497 e. The normalized spacial score (nSPS) is 17.4. The van der Waals surface area contributed by atoms with Gasteiger partial charge in [0.1, 0.15) is 11.6 Å². The van der Waals surface area contributed by atoms with Gasteiger partial charge in [-0.3, -0.25) is 0 Å². The average molecular weight is 443 g/mol. The summed E-state index contributed by atoms with van der Waals surface area (Å²) in [6, 6.07) is 11.8. The van der Waals surface area contributed by atoms with E-state index in [1.165, 1.54) is 35.7 Å². The second-order valence-corrected chi connectivity index (χ2v) is 9.23. The molecule has 1 atom stereocenters. The first-order chi connectivity index (χ1) is 14.9. The third-order valence-electron chi connectivity index (χ3n) is 5.43. The number of halogens is 1. The monoisotopic (exact) mass is 442 g/mol. The number of hydrogen-bond acceptors (Lipinski definition) is 6. The van der Waals surface area contributed by atoms with Crippen molar-refractivity contribution < 1.29 is 17.5 Å². The number of piperidine rings is 1. The van der Waals surface area contributed by atoms with Gasteiger partial charge < -0.3 is 10.5 Å². The zero-order valence-corrected chi connectivity index (χ0v) is 17.8. The van der Waals surface area contributed by atoms with Crippen molar-refractivity contribution in [3.05, 3.63) is 66.2 Å². The SMILES string of the molecule is COc1ccc(S(=O)(=O)N2CCCC[C@H]2c2nc(N)ncc2-c2ccc(F)cc2)cc1. The van der Waals surface area contributed by atoms with E-state index in [-0.39, 0.29) is 16.7 Å². The summed E-state index contributed by atoms with van der Waals surface area (Å²) in [5, 5.41) is 0. The summed E-state index contributed by atoms with van der Waals surface area (Å²) in [4.78, 5) is 8.70. The number of nitrogen functional groups attached to an aromatic ring is 1. The van der Waals surface area contributed by atoms with Gasteiger partial charge in [0.15, 0.2) is 0 Å². The van der Waals surface area contributed by atoms with Crippen molar-refractivity contribution in [2.45, 2.75) is 30.2 Å². The van der Waals surface area contributed by atoms with Gasteiger partial charge >= 0.3 is 0 Å². The molecule has 1 saturated heterocycles. The molecule has 0 spiro atoms. The lowest BCUT2D eigenvalue weighted by Crippen LogP contribution is -2.39. The van der Waals surface area contributed by atoms with E-state index < -0.39 is 16.1 Å². The van der Waals surface area contributed by atoms with E-state index in [0.717, 1.165) is 12.8 Å². The maximum absolute atomic E-state index is 13.5. The summed E-state index contributed by atoms with van der Waals surface area (Å²) in [6.07, 6.45) is 3.77. The van der Waals surface area contributed by atoms with Crippen LogP contribution in [0.15, 0.2) is 59.6 Å². The molecule has 7 nitrogen and oxygen atoms in total. The number of nitrogens with two attached hydrogens (primary N) is 1. The molecule has 1 aromatic heterocycles. The summed E-state index contributed by atoms with van der Waals surface area (Å²) in [6.45, 7) is 0.367. The van der Waals surface area contributed by atoms with Gasteiger partial charge in [-0.05, 0) is 54.8 Å². The first kappa shape index (κ1) is 21.2. The van der Waals surface area contributed by atoms with Crippen LogP contribution in [0.25, 0.3) is 11.1 Å². The Kier molecular flexibility index (Phi) is 5.88. The number of sulfonamides is 1. The number of nitrogens with zero attached hydrogens (tertiary/aromatic N) is 3. The molecule has 0 aliphatic carbocycles. The fraction of sp³-hybridized carbons (Fsp3) is 0.273. The Morgan fingerprint density at radius 3 is 2.48 bits per heavy atom. The van der Waals surface area contributed by atoms with Crippen molar-refractivity contribution in [2.24, 2.45) is 0 Å². The number of methoxy groups -OCH3 is 1. The number of benzene rings is 2. The van der Waals surface area contributed by atoms with E-state index in [1.807, 2.05) is 0 Å². The first-order valence-corrected chi connectivity index (χ1v) is 11.4. The second kappa shape index (κ2) is 8.60. The van der Waals surface area contributed by atoms with Gasteiger partial charge in [0.2, 0.25) is 16.0 Å². The van der Waals surface area contributed by atoms with Crippen molar-refractivity contribution in [3.8, 4) is 16.9 Å². The minimum Gasteiger partial charge on any atom is -0.497 e. The van der Waals surface area contributed by atoms with Crippen molar-refractivity contribution in [3.63, 3.8) is 0 Å². The van der Waals surface area contributed by atoms with Crippen LogP contribution in [-0.2, 0) is 10.0 Å². The summed E-state index contributed by atoms with van der Waals surface area (Å²) in [5.74, 6) is 0.285. The minimum absolute atomic E-state index is 0.0632. The summed E-state index contributed by atoms with van der Waals surface area (Å²) < 4.78 is 47.1. The molecule has 0 saturated carbocycles. The molecule has 0 amide bonds. The molecule has 0 radical (unpaired) electrons. The molecule has 31 heavy (non-hydrogen) atoms. The highest BCUT2D eigenvalue weighted by atomic mass is 32.2. The molecule has 2 aromatic carbocycles. The van der Waals surface area contributed by atoms with Gasteiger partial charge in [-0.25, -0.2) is 22.8 Å². The van der Waals surface area contributed by atoms with Crippen molar-refractivity contribution in [2.75, 3.05) is 19.4 Å². The number of aromatic nitrogens is 2. The third-order valence-corrected chi connectivity index (χ3v) is 7.35. The van der Waals surface area contributed by atoms with E-state index in [2.05, 4.69) is 9.97 Å². The Bertz CT molecular complexity index is 1170. The number of hydrogen-bond donors (Lipinski definition) is 1. The van der Waals surface area contributed by atoms with Crippen LogP contribution < -0.4 is 10.5 Å². The maximum atomic E-state index is 13.5. The average Bonchev–Trinajstić information content (AvgIpc) is 2.80. The van der Waals surface area contributed by atoms with Gasteiger partial charge in [-0.2, -0.15) is 4.31 Å². The molecule has 162 valence electrons. The smallest absolute Gasteiger partial charge is 0.243 e. The molecule has 4 rings (SSSR count). The Labute approximate surface area is 180 Å². The van der Waals surface area contributed by atoms with E-state index >= 15 is 0 Å². The first-order valence-electron chi connectivity index (χ1n) is 9.94. The predicted octanol–water partition coefficient (Wildman–Crippen LogP) is 3.79. The number of anilines is 1. The molecule has 1 aliphatic heterocycles. The fourth-order valence-electron chi connectivity index (χ4n) is 3.86. The van der Waals surface area contributed by atoms with Crippen LogP contribution in [0.4, 0.5) is 10.3 Å². The van der Waals surface area contributed by atoms with Gasteiger partial charge in [0, 0.05) is 18.3 Å². The van der Waals surface area contributed by atoms with Crippen LogP contribution in [-0.4, -0.2) is 36.3 Å². The zero-order valence-electron chi connectivity index (χ0n) is 17.0. The zero-order chi connectivity index (χ0) is 22.0. The lowest BCUT2D eigenvalue weighted by atomic mass is 9.95. The van der Waals surface area contributed by atoms with E-state index in [0.29, 0.717) is 35.5 Å². The topological polar surface area (TPSA) is 98.4 Å². The van der Waals surface area contributed by atoms with E-state index in [1.54, 1.807) is 30.5 Å². The Morgan fingerprint density at radius 1 is 1.10 bits per heavy atom. The van der Waals surface area contributed by atoms with Gasteiger partial charge in [-0.1, -0.05) is 18.6 Å². The Balaban J connectivity index is 1.79. The van der Waals surface area contributed by atoms with Gasteiger partial charge in [0.25, 0.3) is 0 Å². The predicted molar refractivity (Wildman–Crippen MR) is 115 cm³/mol. The van der Waals surface area contributed by atoms with Crippen LogP contribution in [0.3, 0.4) is 0 Å². The van der Waals surface area contributed by atoms with Crippen LogP contribution >= 0.6 is 0 Å². The molecular weight excluding hydrogens is 419 g/mol. The van der Waals surface area contributed by atoms with Crippen molar-refractivity contribution >= 4 is 16.0 Å². The van der Waals surface area contributed by atoms with E-state index in [4.69, 9.17) is 10.5 Å². The molecule has 0 unspecified atom stereocenters. The number of ether oxygens (including phenoxy) is 1. The van der Waals surface area contributed by atoms with Crippen molar-refractivity contribution in [1.82, 2.24) is 14.3 Å². The third kappa shape index (κ3) is 4.24. The summed E-state index contributed by atoms with van der Waals surface area (Å²) >= 11 is 0. The second-order valence-electron chi connectivity index (χ2n) is 7.34. The Hall–Kier alpha value is -3.04.